The maximum absolute atomic E-state index is 12.3. The number of ether oxygens (including phenoxy) is 1. The van der Waals surface area contributed by atoms with Crippen molar-refractivity contribution in [2.45, 2.75) is 32.9 Å². The Labute approximate surface area is 114 Å². The number of carbonyl (C=O) groups excluding carboxylic acids is 1. The number of hydrogen-bond donors (Lipinski definition) is 1. The highest BCUT2D eigenvalue weighted by Gasteiger charge is 2.39. The van der Waals surface area contributed by atoms with Gasteiger partial charge < -0.3 is 14.7 Å². The van der Waals surface area contributed by atoms with Crippen LogP contribution >= 0.6 is 0 Å². The van der Waals surface area contributed by atoms with Crippen molar-refractivity contribution in [2.75, 3.05) is 33.4 Å². The van der Waals surface area contributed by atoms with E-state index in [1.807, 2.05) is 25.7 Å². The van der Waals surface area contributed by atoms with E-state index in [0.29, 0.717) is 19.7 Å². The van der Waals surface area contributed by atoms with Crippen molar-refractivity contribution >= 4 is 11.9 Å². The van der Waals surface area contributed by atoms with E-state index in [4.69, 9.17) is 9.84 Å². The van der Waals surface area contributed by atoms with E-state index in [9.17, 15) is 9.59 Å². The molecule has 1 amide bonds. The van der Waals surface area contributed by atoms with Crippen molar-refractivity contribution in [2.24, 2.45) is 5.92 Å². The second-order valence-corrected chi connectivity index (χ2v) is 4.90. The molecule has 0 bridgehead atoms. The van der Waals surface area contributed by atoms with E-state index in [1.54, 1.807) is 11.9 Å². The second kappa shape index (κ2) is 6.86. The summed E-state index contributed by atoms with van der Waals surface area (Å²) in [5.41, 5.74) is 0. The molecular formula is C13H24N2O4. The molecule has 0 saturated carbocycles. The Morgan fingerprint density at radius 1 is 1.32 bits per heavy atom. The van der Waals surface area contributed by atoms with E-state index in [1.165, 1.54) is 0 Å². The number of hydrogen-bond acceptors (Lipinski definition) is 4. The van der Waals surface area contributed by atoms with Crippen molar-refractivity contribution in [3.63, 3.8) is 0 Å². The maximum atomic E-state index is 12.3. The minimum atomic E-state index is -0.864. The fourth-order valence-electron chi connectivity index (χ4n) is 2.44. The highest BCUT2D eigenvalue weighted by Crippen LogP contribution is 2.21. The third-order valence-electron chi connectivity index (χ3n) is 3.93. The zero-order valence-electron chi connectivity index (χ0n) is 12.1. The van der Waals surface area contributed by atoms with E-state index in [-0.39, 0.29) is 24.6 Å². The van der Waals surface area contributed by atoms with Gasteiger partial charge in [0.15, 0.2) is 0 Å². The van der Waals surface area contributed by atoms with E-state index < -0.39 is 11.9 Å². The number of amides is 1. The van der Waals surface area contributed by atoms with Crippen LogP contribution in [0, 0.1) is 5.92 Å². The zero-order chi connectivity index (χ0) is 14.6. The number of carboxylic acid groups (broad SMARTS) is 1. The van der Waals surface area contributed by atoms with Crippen LogP contribution in [0.15, 0.2) is 0 Å². The van der Waals surface area contributed by atoms with Crippen LogP contribution in [0.3, 0.4) is 0 Å². The van der Waals surface area contributed by atoms with Gasteiger partial charge in [-0.05, 0) is 27.8 Å². The summed E-state index contributed by atoms with van der Waals surface area (Å²) in [6.45, 7) is 7.60. The molecule has 3 atom stereocenters. The number of likely N-dealkylation sites (N-methyl/N-ethyl adjacent to an activating group) is 2. The number of aliphatic carboxylic acids is 1. The van der Waals surface area contributed by atoms with Gasteiger partial charge in [-0.3, -0.25) is 14.5 Å². The normalized spacial score (nSPS) is 24.5. The fourth-order valence-corrected chi connectivity index (χ4v) is 2.44. The standard InChI is InChI=1S/C13H24N2O4/c1-5-15(6-2)12(16)9(3)14(4)11-8-19-7-10(11)13(17)18/h9-11H,5-8H2,1-4H3,(H,17,18). The fraction of sp³-hybridized carbons (Fsp3) is 0.846. The molecule has 1 heterocycles. The van der Waals surface area contributed by atoms with Gasteiger partial charge in [0.2, 0.25) is 5.91 Å². The third kappa shape index (κ3) is 3.45. The molecule has 0 aromatic rings. The molecule has 0 aromatic heterocycles. The second-order valence-electron chi connectivity index (χ2n) is 4.90. The van der Waals surface area contributed by atoms with Gasteiger partial charge in [0.05, 0.1) is 25.2 Å². The van der Waals surface area contributed by atoms with E-state index in [0.717, 1.165) is 0 Å². The SMILES string of the molecule is CCN(CC)C(=O)C(C)N(C)C1COCC1C(=O)O. The first-order chi connectivity index (χ1) is 8.93. The summed E-state index contributed by atoms with van der Waals surface area (Å²) in [5, 5.41) is 9.15. The van der Waals surface area contributed by atoms with Crippen LogP contribution < -0.4 is 0 Å². The van der Waals surface area contributed by atoms with Crippen molar-refractivity contribution in [1.29, 1.82) is 0 Å². The van der Waals surface area contributed by atoms with Crippen LogP contribution in [0.4, 0.5) is 0 Å². The van der Waals surface area contributed by atoms with Crippen molar-refractivity contribution in [3.8, 4) is 0 Å². The zero-order valence-corrected chi connectivity index (χ0v) is 12.1. The number of nitrogens with zero attached hydrogens (tertiary/aromatic N) is 2. The van der Waals surface area contributed by atoms with Crippen LogP contribution in [-0.2, 0) is 14.3 Å². The average Bonchev–Trinajstić information content (AvgIpc) is 2.87. The highest BCUT2D eigenvalue weighted by molar-refractivity contribution is 5.81. The first-order valence-electron chi connectivity index (χ1n) is 6.75. The van der Waals surface area contributed by atoms with Gasteiger partial charge in [-0.1, -0.05) is 0 Å². The molecule has 1 aliphatic rings. The monoisotopic (exact) mass is 272 g/mol. The predicted octanol–water partition coefficient (Wildman–Crippen LogP) is 0.275. The van der Waals surface area contributed by atoms with Crippen LogP contribution in [0.2, 0.25) is 0 Å². The molecule has 110 valence electrons. The molecule has 1 N–H and O–H groups in total. The summed E-state index contributed by atoms with van der Waals surface area (Å²) >= 11 is 0. The molecule has 0 spiro atoms. The van der Waals surface area contributed by atoms with E-state index in [2.05, 4.69) is 0 Å². The van der Waals surface area contributed by atoms with Gasteiger partial charge in [0.1, 0.15) is 0 Å². The smallest absolute Gasteiger partial charge is 0.310 e. The first-order valence-corrected chi connectivity index (χ1v) is 6.75. The lowest BCUT2D eigenvalue weighted by atomic mass is 10.0. The molecule has 0 radical (unpaired) electrons. The average molecular weight is 272 g/mol. The molecule has 6 heteroatoms. The molecule has 6 nitrogen and oxygen atoms in total. The summed E-state index contributed by atoms with van der Waals surface area (Å²) in [6.07, 6.45) is 0. The molecule has 0 aromatic carbocycles. The lowest BCUT2D eigenvalue weighted by Gasteiger charge is -2.33. The molecule has 0 aliphatic carbocycles. The van der Waals surface area contributed by atoms with Crippen molar-refractivity contribution in [3.05, 3.63) is 0 Å². The Balaban J connectivity index is 2.73. The predicted molar refractivity (Wildman–Crippen MR) is 70.9 cm³/mol. The minimum absolute atomic E-state index is 0.0311. The highest BCUT2D eigenvalue weighted by atomic mass is 16.5. The number of carboxylic acids is 1. The molecule has 1 saturated heterocycles. The first kappa shape index (κ1) is 15.9. The van der Waals surface area contributed by atoms with Gasteiger partial charge in [-0.2, -0.15) is 0 Å². The summed E-state index contributed by atoms with van der Waals surface area (Å²) in [5.74, 6) is -1.39. The third-order valence-corrected chi connectivity index (χ3v) is 3.93. The quantitative estimate of drug-likeness (QED) is 0.752. The lowest BCUT2D eigenvalue weighted by molar-refractivity contribution is -0.145. The van der Waals surface area contributed by atoms with Gasteiger partial charge >= 0.3 is 5.97 Å². The van der Waals surface area contributed by atoms with Crippen molar-refractivity contribution < 1.29 is 19.4 Å². The Morgan fingerprint density at radius 3 is 2.37 bits per heavy atom. The summed E-state index contributed by atoms with van der Waals surface area (Å²) in [7, 11) is 1.79. The molecule has 3 unspecified atom stereocenters. The molecule has 19 heavy (non-hydrogen) atoms. The Bertz CT molecular complexity index is 331. The Kier molecular flexibility index (Phi) is 5.75. The van der Waals surface area contributed by atoms with Gasteiger partial charge in [-0.25, -0.2) is 0 Å². The van der Waals surface area contributed by atoms with Crippen LogP contribution in [0.1, 0.15) is 20.8 Å². The van der Waals surface area contributed by atoms with Crippen LogP contribution in [0.5, 0.6) is 0 Å². The topological polar surface area (TPSA) is 70.1 Å². The van der Waals surface area contributed by atoms with Gasteiger partial charge in [0.25, 0.3) is 0 Å². The maximum Gasteiger partial charge on any atom is 0.310 e. The molecular weight excluding hydrogens is 248 g/mol. The van der Waals surface area contributed by atoms with Crippen LogP contribution in [-0.4, -0.2) is 72.2 Å². The van der Waals surface area contributed by atoms with Crippen LogP contribution in [0.25, 0.3) is 0 Å². The molecule has 1 aliphatic heterocycles. The Morgan fingerprint density at radius 2 is 1.89 bits per heavy atom. The van der Waals surface area contributed by atoms with Crippen molar-refractivity contribution in [1.82, 2.24) is 9.80 Å². The molecule has 1 rings (SSSR count). The largest absolute Gasteiger partial charge is 0.481 e. The Hall–Kier alpha value is -1.14. The number of rotatable bonds is 6. The van der Waals surface area contributed by atoms with Gasteiger partial charge in [-0.15, -0.1) is 0 Å². The molecule has 1 fully saturated rings. The van der Waals surface area contributed by atoms with Gasteiger partial charge in [0, 0.05) is 19.1 Å². The minimum Gasteiger partial charge on any atom is -0.481 e. The summed E-state index contributed by atoms with van der Waals surface area (Å²) in [6, 6.07) is -0.583. The number of carbonyl (C=O) groups is 2. The van der Waals surface area contributed by atoms with E-state index >= 15 is 0 Å². The summed E-state index contributed by atoms with van der Waals surface area (Å²) in [4.78, 5) is 27.0. The lowest BCUT2D eigenvalue weighted by Crippen LogP contribution is -2.52. The summed E-state index contributed by atoms with van der Waals surface area (Å²) < 4.78 is 5.25.